The summed E-state index contributed by atoms with van der Waals surface area (Å²) >= 11 is 0. The van der Waals surface area contributed by atoms with Gasteiger partial charge in [0, 0.05) is 44.7 Å². The average Bonchev–Trinajstić information content (AvgIpc) is 2.69. The summed E-state index contributed by atoms with van der Waals surface area (Å²) in [5, 5.41) is 0. The van der Waals surface area contributed by atoms with E-state index in [1.54, 1.807) is 13.2 Å². The number of rotatable bonds is 6. The summed E-state index contributed by atoms with van der Waals surface area (Å²) in [6.45, 7) is 4.27. The van der Waals surface area contributed by atoms with Crippen LogP contribution in [0.2, 0.25) is 0 Å². The molecule has 2 N–H and O–H groups in total. The van der Waals surface area contributed by atoms with Gasteiger partial charge in [-0.25, -0.2) is 4.39 Å². The Kier molecular flexibility index (Phi) is 6.71. The Bertz CT molecular complexity index is 638. The van der Waals surface area contributed by atoms with Crippen molar-refractivity contribution in [2.45, 2.75) is 45.1 Å². The Hall–Kier alpha value is -1.66. The van der Waals surface area contributed by atoms with Crippen molar-refractivity contribution in [2.24, 2.45) is 11.1 Å². The Morgan fingerprint density at radius 3 is 2.52 bits per heavy atom. The van der Waals surface area contributed by atoms with Gasteiger partial charge in [0.05, 0.1) is 7.11 Å². The molecule has 1 heterocycles. The van der Waals surface area contributed by atoms with E-state index in [2.05, 4.69) is 4.90 Å². The van der Waals surface area contributed by atoms with Crippen LogP contribution in [-0.2, 0) is 11.3 Å². The number of hydrogen-bond acceptors (Lipinski definition) is 4. The molecule has 0 radical (unpaired) electrons. The zero-order chi connectivity index (χ0) is 19.3. The molecule has 27 heavy (non-hydrogen) atoms. The summed E-state index contributed by atoms with van der Waals surface area (Å²) < 4.78 is 18.9. The lowest BCUT2D eigenvalue weighted by molar-refractivity contribution is -0.136. The van der Waals surface area contributed by atoms with Gasteiger partial charge < -0.3 is 15.4 Å². The molecule has 6 heteroatoms. The smallest absolute Gasteiger partial charge is 0.223 e. The predicted octanol–water partition coefficient (Wildman–Crippen LogP) is 2.78. The van der Waals surface area contributed by atoms with Gasteiger partial charge >= 0.3 is 0 Å². The molecule has 3 rings (SSSR count). The zero-order valence-electron chi connectivity index (χ0n) is 16.4. The Morgan fingerprint density at radius 2 is 1.89 bits per heavy atom. The maximum absolute atomic E-state index is 13.6. The second-order valence-electron chi connectivity index (χ2n) is 8.05. The van der Waals surface area contributed by atoms with Crippen LogP contribution in [0.15, 0.2) is 18.2 Å². The standard InChI is InChI=1S/C21H32FN3O2/c1-27-19-6-5-18(22)13-17(19)15-24-9-11-25(12-10-24)20(26)14-21(16-23)7-3-2-4-8-21/h5-6,13H,2-4,7-12,14-16,23H2,1H3. The van der Waals surface area contributed by atoms with Gasteiger partial charge in [-0.1, -0.05) is 19.3 Å². The first kappa shape index (κ1) is 20.1. The van der Waals surface area contributed by atoms with E-state index in [-0.39, 0.29) is 17.1 Å². The van der Waals surface area contributed by atoms with Gasteiger partial charge in [0.15, 0.2) is 0 Å². The van der Waals surface area contributed by atoms with Crippen molar-refractivity contribution in [1.29, 1.82) is 0 Å². The maximum atomic E-state index is 13.6. The normalized spacial score (nSPS) is 20.5. The fraction of sp³-hybridized carbons (Fsp3) is 0.667. The molecule has 1 aromatic rings. The highest BCUT2D eigenvalue weighted by atomic mass is 19.1. The molecule has 1 aliphatic heterocycles. The highest BCUT2D eigenvalue weighted by molar-refractivity contribution is 5.77. The molecule has 1 aliphatic carbocycles. The number of carbonyl (C=O) groups excluding carboxylic acids is 1. The van der Waals surface area contributed by atoms with Gasteiger partial charge in [0.25, 0.3) is 0 Å². The molecule has 0 bridgehead atoms. The molecule has 0 atom stereocenters. The second kappa shape index (κ2) is 9.02. The van der Waals surface area contributed by atoms with Crippen LogP contribution >= 0.6 is 0 Å². The molecular weight excluding hydrogens is 345 g/mol. The third-order valence-electron chi connectivity index (χ3n) is 6.23. The van der Waals surface area contributed by atoms with Crippen molar-refractivity contribution in [3.05, 3.63) is 29.6 Å². The number of carbonyl (C=O) groups is 1. The molecule has 0 aromatic heterocycles. The lowest BCUT2D eigenvalue weighted by Crippen LogP contribution is -2.50. The summed E-state index contributed by atoms with van der Waals surface area (Å²) in [5.74, 6) is 0.696. The quantitative estimate of drug-likeness (QED) is 0.828. The van der Waals surface area contributed by atoms with Crippen molar-refractivity contribution in [1.82, 2.24) is 9.80 Å². The number of benzene rings is 1. The highest BCUT2D eigenvalue weighted by Gasteiger charge is 2.35. The zero-order valence-corrected chi connectivity index (χ0v) is 16.4. The van der Waals surface area contributed by atoms with Crippen molar-refractivity contribution in [3.8, 4) is 5.75 Å². The van der Waals surface area contributed by atoms with Crippen LogP contribution < -0.4 is 10.5 Å². The summed E-state index contributed by atoms with van der Waals surface area (Å²) in [5.41, 5.74) is 6.91. The van der Waals surface area contributed by atoms with Crippen LogP contribution in [0.4, 0.5) is 4.39 Å². The molecule has 1 saturated heterocycles. The molecule has 1 amide bonds. The lowest BCUT2D eigenvalue weighted by atomic mass is 9.71. The second-order valence-corrected chi connectivity index (χ2v) is 8.05. The van der Waals surface area contributed by atoms with E-state index in [0.29, 0.717) is 25.3 Å². The van der Waals surface area contributed by atoms with Crippen molar-refractivity contribution in [2.75, 3.05) is 39.8 Å². The van der Waals surface area contributed by atoms with Gasteiger partial charge in [0.2, 0.25) is 5.91 Å². The minimum Gasteiger partial charge on any atom is -0.496 e. The molecule has 150 valence electrons. The summed E-state index contributed by atoms with van der Waals surface area (Å²) in [6.07, 6.45) is 6.38. The summed E-state index contributed by atoms with van der Waals surface area (Å²) in [4.78, 5) is 17.1. The minimum absolute atomic E-state index is 0.0153. The number of piperazine rings is 1. The highest BCUT2D eigenvalue weighted by Crippen LogP contribution is 2.38. The number of amides is 1. The third kappa shape index (κ3) is 4.99. The van der Waals surface area contributed by atoms with E-state index < -0.39 is 0 Å². The number of hydrogen-bond donors (Lipinski definition) is 1. The molecule has 1 aromatic carbocycles. The van der Waals surface area contributed by atoms with Crippen LogP contribution in [0.25, 0.3) is 0 Å². The molecule has 5 nitrogen and oxygen atoms in total. The third-order valence-corrected chi connectivity index (χ3v) is 6.23. The first-order valence-corrected chi connectivity index (χ1v) is 10.1. The van der Waals surface area contributed by atoms with E-state index in [9.17, 15) is 9.18 Å². The number of nitrogens with two attached hydrogens (primary N) is 1. The maximum Gasteiger partial charge on any atom is 0.223 e. The molecular formula is C21H32FN3O2. The monoisotopic (exact) mass is 377 g/mol. The van der Waals surface area contributed by atoms with Crippen LogP contribution in [0.3, 0.4) is 0 Å². The average molecular weight is 378 g/mol. The molecule has 2 fully saturated rings. The predicted molar refractivity (Wildman–Crippen MR) is 104 cm³/mol. The molecule has 0 unspecified atom stereocenters. The number of methoxy groups -OCH3 is 1. The largest absolute Gasteiger partial charge is 0.496 e. The van der Waals surface area contributed by atoms with E-state index in [1.165, 1.54) is 31.4 Å². The van der Waals surface area contributed by atoms with E-state index in [4.69, 9.17) is 10.5 Å². The van der Waals surface area contributed by atoms with E-state index >= 15 is 0 Å². The molecule has 1 saturated carbocycles. The van der Waals surface area contributed by atoms with Crippen molar-refractivity contribution < 1.29 is 13.9 Å². The SMILES string of the molecule is COc1ccc(F)cc1CN1CCN(C(=O)CC2(CN)CCCCC2)CC1. The Labute approximate surface area is 161 Å². The topological polar surface area (TPSA) is 58.8 Å². The van der Waals surface area contributed by atoms with Crippen molar-refractivity contribution in [3.63, 3.8) is 0 Å². The molecule has 0 spiro atoms. The number of nitrogens with zero attached hydrogens (tertiary/aromatic N) is 2. The summed E-state index contributed by atoms with van der Waals surface area (Å²) in [7, 11) is 1.60. The summed E-state index contributed by atoms with van der Waals surface area (Å²) in [6, 6.07) is 4.61. The van der Waals surface area contributed by atoms with E-state index in [1.807, 2.05) is 4.90 Å². The van der Waals surface area contributed by atoms with Crippen LogP contribution in [0, 0.1) is 11.2 Å². The van der Waals surface area contributed by atoms with Crippen LogP contribution in [0.1, 0.15) is 44.1 Å². The minimum atomic E-state index is -0.251. The Balaban J connectivity index is 1.52. The fourth-order valence-corrected chi connectivity index (χ4v) is 4.45. The first-order valence-electron chi connectivity index (χ1n) is 10.1. The van der Waals surface area contributed by atoms with Gasteiger partial charge in [0.1, 0.15) is 11.6 Å². The first-order chi connectivity index (χ1) is 13.0. The van der Waals surface area contributed by atoms with Crippen LogP contribution in [-0.4, -0.2) is 55.5 Å². The number of halogens is 1. The molecule has 2 aliphatic rings. The van der Waals surface area contributed by atoms with Gasteiger partial charge in [-0.2, -0.15) is 0 Å². The lowest BCUT2D eigenvalue weighted by Gasteiger charge is -2.39. The van der Waals surface area contributed by atoms with Gasteiger partial charge in [-0.3, -0.25) is 9.69 Å². The Morgan fingerprint density at radius 1 is 1.19 bits per heavy atom. The van der Waals surface area contributed by atoms with Crippen LogP contribution in [0.5, 0.6) is 5.75 Å². The van der Waals surface area contributed by atoms with E-state index in [0.717, 1.165) is 44.6 Å². The van der Waals surface area contributed by atoms with Crippen molar-refractivity contribution >= 4 is 5.91 Å². The van der Waals surface area contributed by atoms with Gasteiger partial charge in [-0.05, 0) is 43.0 Å². The fourth-order valence-electron chi connectivity index (χ4n) is 4.45. The number of ether oxygens (including phenoxy) is 1. The van der Waals surface area contributed by atoms with Gasteiger partial charge in [-0.15, -0.1) is 0 Å².